The predicted octanol–water partition coefficient (Wildman–Crippen LogP) is 2.13. The molecule has 0 aromatic heterocycles. The summed E-state index contributed by atoms with van der Waals surface area (Å²) in [5.74, 6) is 0.808. The molecule has 140 valence electrons. The number of carbonyl (C=O) groups excluding carboxylic acids is 1. The molecule has 1 fully saturated rings. The minimum absolute atomic E-state index is 0. The van der Waals surface area contributed by atoms with E-state index in [1.807, 2.05) is 30.0 Å². The van der Waals surface area contributed by atoms with E-state index in [2.05, 4.69) is 21.7 Å². The van der Waals surface area contributed by atoms with Crippen LogP contribution < -0.4 is 10.6 Å². The van der Waals surface area contributed by atoms with Crippen molar-refractivity contribution in [1.29, 1.82) is 0 Å². The third-order valence-electron chi connectivity index (χ3n) is 3.93. The van der Waals surface area contributed by atoms with Gasteiger partial charge in [0.25, 0.3) is 0 Å². The monoisotopic (exact) mass is 460 g/mol. The minimum Gasteiger partial charge on any atom is -0.380 e. The van der Waals surface area contributed by atoms with Crippen molar-refractivity contribution in [3.63, 3.8) is 0 Å². The summed E-state index contributed by atoms with van der Waals surface area (Å²) in [7, 11) is 1.69. The molecule has 1 aliphatic heterocycles. The Morgan fingerprint density at radius 2 is 1.96 bits per heavy atom. The average molecular weight is 460 g/mol. The summed E-state index contributed by atoms with van der Waals surface area (Å²) in [4.78, 5) is 18.6. The number of carbonyl (C=O) groups is 1. The largest absolute Gasteiger partial charge is 0.380 e. The van der Waals surface area contributed by atoms with Gasteiger partial charge in [-0.15, -0.1) is 24.0 Å². The van der Waals surface area contributed by atoms with Gasteiger partial charge in [0.2, 0.25) is 5.91 Å². The summed E-state index contributed by atoms with van der Waals surface area (Å²) in [5, 5.41) is 6.31. The third-order valence-corrected chi connectivity index (χ3v) is 3.93. The molecule has 0 saturated carbocycles. The molecule has 0 unspecified atom stereocenters. The third kappa shape index (κ3) is 7.60. The van der Waals surface area contributed by atoms with E-state index in [9.17, 15) is 4.79 Å². The topological polar surface area (TPSA) is 66.0 Å². The molecule has 1 aromatic carbocycles. The number of aliphatic imine (C=N–C) groups is 1. The van der Waals surface area contributed by atoms with Crippen molar-refractivity contribution in [3.05, 3.63) is 35.4 Å². The molecule has 0 atom stereocenters. The highest BCUT2D eigenvalue weighted by molar-refractivity contribution is 14.0. The second-order valence-corrected chi connectivity index (χ2v) is 5.89. The Balaban J connectivity index is 0.00000312. The van der Waals surface area contributed by atoms with E-state index in [0.29, 0.717) is 19.1 Å². The number of methoxy groups -OCH3 is 1. The maximum absolute atomic E-state index is 12.1. The van der Waals surface area contributed by atoms with Gasteiger partial charge < -0.3 is 20.3 Å². The van der Waals surface area contributed by atoms with E-state index in [1.54, 1.807) is 7.11 Å². The molecular formula is C18H29IN4O2. The first-order valence-corrected chi connectivity index (χ1v) is 8.59. The Labute approximate surface area is 167 Å². The summed E-state index contributed by atoms with van der Waals surface area (Å²) in [6.07, 6.45) is 2.22. The molecule has 1 aromatic rings. The highest BCUT2D eigenvalue weighted by Crippen LogP contribution is 2.08. The number of nitrogens with zero attached hydrogens (tertiary/aromatic N) is 2. The molecular weight excluding hydrogens is 431 g/mol. The average Bonchev–Trinajstić information content (AvgIpc) is 3.12. The number of halogens is 1. The Hall–Kier alpha value is -1.35. The fourth-order valence-corrected chi connectivity index (χ4v) is 2.73. The molecule has 2 rings (SSSR count). The molecule has 25 heavy (non-hydrogen) atoms. The second kappa shape index (κ2) is 12.1. The minimum atomic E-state index is 0. The molecule has 7 heteroatoms. The first-order valence-electron chi connectivity index (χ1n) is 8.59. The smallest absolute Gasteiger partial charge is 0.241 e. The van der Waals surface area contributed by atoms with Crippen molar-refractivity contribution < 1.29 is 9.53 Å². The van der Waals surface area contributed by atoms with Gasteiger partial charge in [-0.2, -0.15) is 0 Å². The molecule has 0 aliphatic carbocycles. The van der Waals surface area contributed by atoms with E-state index in [0.717, 1.165) is 43.6 Å². The van der Waals surface area contributed by atoms with Gasteiger partial charge in [0, 0.05) is 26.7 Å². The molecule has 1 heterocycles. The zero-order valence-corrected chi connectivity index (χ0v) is 17.4. The lowest BCUT2D eigenvalue weighted by atomic mass is 10.1. The van der Waals surface area contributed by atoms with E-state index >= 15 is 0 Å². The van der Waals surface area contributed by atoms with Crippen LogP contribution in [0, 0.1) is 0 Å². The Bertz CT molecular complexity index is 560. The number of amides is 1. The van der Waals surface area contributed by atoms with Crippen LogP contribution in [-0.4, -0.2) is 50.1 Å². The van der Waals surface area contributed by atoms with Crippen LogP contribution in [0.5, 0.6) is 0 Å². The highest BCUT2D eigenvalue weighted by Gasteiger charge is 2.17. The Kier molecular flexibility index (Phi) is 10.5. The van der Waals surface area contributed by atoms with Crippen LogP contribution in [0.2, 0.25) is 0 Å². The fraction of sp³-hybridized carbons (Fsp3) is 0.556. The quantitative estimate of drug-likeness (QED) is 0.372. The van der Waals surface area contributed by atoms with E-state index in [4.69, 9.17) is 4.74 Å². The molecule has 1 amide bonds. The van der Waals surface area contributed by atoms with Crippen LogP contribution in [0.25, 0.3) is 0 Å². The molecule has 0 spiro atoms. The number of nitrogens with one attached hydrogen (secondary N) is 2. The van der Waals surface area contributed by atoms with Crippen LogP contribution in [0.4, 0.5) is 0 Å². The van der Waals surface area contributed by atoms with Crippen molar-refractivity contribution >= 4 is 35.8 Å². The van der Waals surface area contributed by atoms with Crippen molar-refractivity contribution in [2.45, 2.75) is 32.9 Å². The highest BCUT2D eigenvalue weighted by atomic mass is 127. The van der Waals surface area contributed by atoms with Crippen molar-refractivity contribution in [2.75, 3.05) is 33.3 Å². The zero-order chi connectivity index (χ0) is 17.2. The van der Waals surface area contributed by atoms with Crippen LogP contribution in [0.15, 0.2) is 29.3 Å². The maximum Gasteiger partial charge on any atom is 0.241 e. The van der Waals surface area contributed by atoms with Crippen molar-refractivity contribution in [2.24, 2.45) is 4.99 Å². The van der Waals surface area contributed by atoms with Gasteiger partial charge >= 0.3 is 0 Å². The predicted molar refractivity (Wildman–Crippen MR) is 111 cm³/mol. The fourth-order valence-electron chi connectivity index (χ4n) is 2.73. The van der Waals surface area contributed by atoms with E-state index < -0.39 is 0 Å². The Morgan fingerprint density at radius 1 is 1.24 bits per heavy atom. The molecule has 0 bridgehead atoms. The summed E-state index contributed by atoms with van der Waals surface area (Å²) >= 11 is 0. The van der Waals surface area contributed by atoms with Gasteiger partial charge in [0.1, 0.15) is 0 Å². The van der Waals surface area contributed by atoms with Gasteiger partial charge in [-0.25, -0.2) is 4.99 Å². The van der Waals surface area contributed by atoms with Crippen LogP contribution >= 0.6 is 24.0 Å². The summed E-state index contributed by atoms with van der Waals surface area (Å²) in [5.41, 5.74) is 2.25. The van der Waals surface area contributed by atoms with Gasteiger partial charge in [-0.05, 0) is 30.9 Å². The lowest BCUT2D eigenvalue weighted by Crippen LogP contribution is -2.44. The molecule has 0 radical (unpaired) electrons. The molecule has 2 N–H and O–H groups in total. The lowest BCUT2D eigenvalue weighted by Gasteiger charge is -2.17. The first kappa shape index (κ1) is 21.7. The molecule has 6 nitrogen and oxygen atoms in total. The van der Waals surface area contributed by atoms with Crippen LogP contribution in [0.3, 0.4) is 0 Å². The van der Waals surface area contributed by atoms with Gasteiger partial charge in [0.15, 0.2) is 5.96 Å². The molecule has 1 saturated heterocycles. The van der Waals surface area contributed by atoms with Crippen molar-refractivity contribution in [3.8, 4) is 0 Å². The summed E-state index contributed by atoms with van der Waals surface area (Å²) in [6.45, 7) is 5.97. The Morgan fingerprint density at radius 3 is 2.64 bits per heavy atom. The summed E-state index contributed by atoms with van der Waals surface area (Å²) in [6, 6.07) is 8.18. The molecule has 1 aliphatic rings. The normalized spacial score (nSPS) is 14.2. The van der Waals surface area contributed by atoms with Gasteiger partial charge in [-0.3, -0.25) is 4.79 Å². The number of likely N-dealkylation sites (tertiary alicyclic amines) is 1. The number of guanidine groups is 1. The van der Waals surface area contributed by atoms with Crippen molar-refractivity contribution in [1.82, 2.24) is 15.5 Å². The number of rotatable bonds is 7. The van der Waals surface area contributed by atoms with Crippen LogP contribution in [0.1, 0.15) is 30.9 Å². The number of benzene rings is 1. The number of hydrogen-bond donors (Lipinski definition) is 2. The SMILES string of the molecule is CCNC(=NCc1cccc(COC)c1)NCC(=O)N1CCCC1.I. The summed E-state index contributed by atoms with van der Waals surface area (Å²) < 4.78 is 5.16. The van der Waals surface area contributed by atoms with Gasteiger partial charge in [0.05, 0.1) is 19.7 Å². The number of hydrogen-bond acceptors (Lipinski definition) is 3. The first-order chi connectivity index (χ1) is 11.7. The second-order valence-electron chi connectivity index (χ2n) is 5.89. The van der Waals surface area contributed by atoms with Gasteiger partial charge in [-0.1, -0.05) is 24.3 Å². The van der Waals surface area contributed by atoms with Crippen LogP contribution in [-0.2, 0) is 22.7 Å². The number of ether oxygens (including phenoxy) is 1. The maximum atomic E-state index is 12.1. The standard InChI is InChI=1S/C18H28N4O2.HI/c1-3-19-18(21-13-17(23)22-9-4-5-10-22)20-12-15-7-6-8-16(11-15)14-24-2;/h6-8,11H,3-5,9-10,12-14H2,1-2H3,(H2,19,20,21);1H. The lowest BCUT2D eigenvalue weighted by molar-refractivity contribution is -0.128. The van der Waals surface area contributed by atoms with E-state index in [-0.39, 0.29) is 36.4 Å². The zero-order valence-electron chi connectivity index (χ0n) is 15.1. The van der Waals surface area contributed by atoms with E-state index in [1.165, 1.54) is 0 Å².